The Bertz CT molecular complexity index is 786. The van der Waals surface area contributed by atoms with E-state index < -0.39 is 0 Å². The van der Waals surface area contributed by atoms with Crippen LogP contribution >= 0.6 is 11.6 Å². The maximum Gasteiger partial charge on any atom is 0.145 e. The van der Waals surface area contributed by atoms with Gasteiger partial charge < -0.3 is 10.2 Å². The minimum atomic E-state index is 0.529. The van der Waals surface area contributed by atoms with Gasteiger partial charge in [0.25, 0.3) is 0 Å². The molecule has 0 atom stereocenters. The van der Waals surface area contributed by atoms with Crippen molar-refractivity contribution in [2.24, 2.45) is 5.84 Å². The van der Waals surface area contributed by atoms with Crippen molar-refractivity contribution in [3.05, 3.63) is 47.2 Å². The van der Waals surface area contributed by atoms with E-state index >= 15 is 0 Å². The quantitative estimate of drug-likeness (QED) is 0.572. The van der Waals surface area contributed by atoms with Crippen LogP contribution in [0.1, 0.15) is 5.56 Å². The van der Waals surface area contributed by atoms with Gasteiger partial charge in [0, 0.05) is 23.2 Å². The van der Waals surface area contributed by atoms with Crippen molar-refractivity contribution >= 4 is 28.3 Å². The third-order valence-electron chi connectivity index (χ3n) is 3.17. The van der Waals surface area contributed by atoms with E-state index in [9.17, 15) is 0 Å². The molecule has 0 aliphatic rings. The molecule has 3 N–H and O–H groups in total. The summed E-state index contributed by atoms with van der Waals surface area (Å²) in [5.74, 6) is 6.93. The number of methoxy groups -OCH3 is 1. The van der Waals surface area contributed by atoms with Gasteiger partial charge in [0.1, 0.15) is 11.6 Å². The number of halogens is 1. The summed E-state index contributed by atoms with van der Waals surface area (Å²) in [6.45, 7) is 0.529. The molecule has 0 bridgehead atoms. The highest BCUT2D eigenvalue weighted by molar-refractivity contribution is 6.30. The Labute approximate surface area is 126 Å². The number of nitrogen functional groups attached to an aromatic ring is 1. The minimum absolute atomic E-state index is 0.529. The lowest BCUT2D eigenvalue weighted by molar-refractivity contribution is 0.415. The lowest BCUT2D eigenvalue weighted by Crippen LogP contribution is -2.13. The van der Waals surface area contributed by atoms with Gasteiger partial charge in [0.2, 0.25) is 0 Å². The van der Waals surface area contributed by atoms with Crippen LogP contribution in [0, 0.1) is 0 Å². The van der Waals surface area contributed by atoms with Crippen molar-refractivity contribution in [1.29, 1.82) is 0 Å². The topological polar surface area (TPSA) is 78.0 Å². The van der Waals surface area contributed by atoms with E-state index in [1.165, 1.54) is 0 Å². The number of hydrogen-bond acceptors (Lipinski definition) is 5. The van der Waals surface area contributed by atoms with E-state index in [4.69, 9.17) is 22.2 Å². The molecule has 0 saturated heterocycles. The molecule has 0 saturated carbocycles. The first-order valence-electron chi connectivity index (χ1n) is 6.32. The molecule has 0 unspecified atom stereocenters. The van der Waals surface area contributed by atoms with Gasteiger partial charge in [-0.15, -0.1) is 0 Å². The van der Waals surface area contributed by atoms with Crippen LogP contribution in [-0.4, -0.2) is 21.9 Å². The monoisotopic (exact) mass is 303 g/mol. The molecule has 0 radical (unpaired) electrons. The molecule has 0 amide bonds. The van der Waals surface area contributed by atoms with Crippen LogP contribution in [0.3, 0.4) is 0 Å². The predicted molar refractivity (Wildman–Crippen MR) is 82.4 cm³/mol. The van der Waals surface area contributed by atoms with E-state index in [0.717, 1.165) is 22.2 Å². The fourth-order valence-electron chi connectivity index (χ4n) is 2.16. The molecular weight excluding hydrogens is 290 g/mol. The highest BCUT2D eigenvalue weighted by Gasteiger charge is 2.08. The number of nitrogens with one attached hydrogen (secondary N) is 1. The van der Waals surface area contributed by atoms with Crippen LogP contribution in [0.4, 0.5) is 5.82 Å². The van der Waals surface area contributed by atoms with Crippen LogP contribution in [0.2, 0.25) is 5.02 Å². The lowest BCUT2D eigenvalue weighted by Gasteiger charge is -2.11. The summed E-state index contributed by atoms with van der Waals surface area (Å²) in [5, 5.41) is 5.76. The summed E-state index contributed by atoms with van der Waals surface area (Å²) in [7, 11) is 1.62. The van der Waals surface area contributed by atoms with E-state index in [0.29, 0.717) is 17.4 Å². The first kappa shape index (κ1) is 13.7. The van der Waals surface area contributed by atoms with E-state index in [-0.39, 0.29) is 0 Å². The Morgan fingerprint density at radius 3 is 2.90 bits per heavy atom. The first-order chi connectivity index (χ1) is 10.2. The van der Waals surface area contributed by atoms with Gasteiger partial charge in [-0.2, -0.15) is 5.10 Å². The fourth-order valence-corrected chi connectivity index (χ4v) is 2.32. The number of nitrogens with zero attached hydrogens (tertiary/aromatic N) is 3. The molecule has 0 aliphatic heterocycles. The molecule has 0 aliphatic carbocycles. The van der Waals surface area contributed by atoms with Gasteiger partial charge in [-0.05, 0) is 18.2 Å². The van der Waals surface area contributed by atoms with Crippen molar-refractivity contribution in [2.45, 2.75) is 6.54 Å². The average Bonchev–Trinajstić information content (AvgIpc) is 2.91. The number of benzene rings is 1. The van der Waals surface area contributed by atoms with Gasteiger partial charge >= 0.3 is 0 Å². The number of pyridine rings is 1. The van der Waals surface area contributed by atoms with Crippen molar-refractivity contribution in [3.8, 4) is 5.75 Å². The van der Waals surface area contributed by atoms with E-state index in [2.05, 4.69) is 15.5 Å². The number of hydrogen-bond donors (Lipinski definition) is 2. The molecule has 0 fully saturated rings. The molecule has 3 aromatic rings. The van der Waals surface area contributed by atoms with Crippen molar-refractivity contribution < 1.29 is 4.74 Å². The van der Waals surface area contributed by atoms with Crippen LogP contribution in [-0.2, 0) is 6.54 Å². The molecule has 2 heterocycles. The summed E-state index contributed by atoms with van der Waals surface area (Å²) >= 11 is 5.88. The molecule has 0 spiro atoms. The van der Waals surface area contributed by atoms with Gasteiger partial charge in [0.05, 0.1) is 30.4 Å². The predicted octanol–water partition coefficient (Wildman–Crippen LogP) is 2.43. The number of fused-ring (bicyclic) bond motifs is 1. The zero-order valence-electron chi connectivity index (χ0n) is 11.4. The molecule has 2 aromatic heterocycles. The molecule has 3 rings (SSSR count). The summed E-state index contributed by atoms with van der Waals surface area (Å²) < 4.78 is 6.94. The normalized spacial score (nSPS) is 10.8. The smallest absolute Gasteiger partial charge is 0.145 e. The summed E-state index contributed by atoms with van der Waals surface area (Å²) in [6, 6.07) is 7.74. The SMILES string of the molecule is COc1ccc2cc(Cn3cc(Cl)cn3)c(NN)nc2c1. The maximum atomic E-state index is 5.88. The standard InChI is InChI=1S/C14H14ClN5O/c1-21-12-3-2-9-4-10(7-20-8-11(15)6-17-20)14(19-16)18-13(9)5-12/h2-6,8H,7,16H2,1H3,(H,18,19). The Morgan fingerprint density at radius 1 is 1.38 bits per heavy atom. The number of nitrogens with two attached hydrogens (primary N) is 1. The van der Waals surface area contributed by atoms with Crippen LogP contribution in [0.5, 0.6) is 5.75 Å². The zero-order valence-corrected chi connectivity index (χ0v) is 12.1. The van der Waals surface area contributed by atoms with Crippen LogP contribution < -0.4 is 16.0 Å². The number of ether oxygens (including phenoxy) is 1. The summed E-state index contributed by atoms with van der Waals surface area (Å²) in [6.07, 6.45) is 3.34. The van der Waals surface area contributed by atoms with Crippen molar-refractivity contribution in [1.82, 2.24) is 14.8 Å². The van der Waals surface area contributed by atoms with E-state index in [1.54, 1.807) is 24.2 Å². The van der Waals surface area contributed by atoms with Gasteiger partial charge in [-0.25, -0.2) is 10.8 Å². The van der Waals surface area contributed by atoms with Gasteiger partial charge in [-0.1, -0.05) is 11.6 Å². The van der Waals surface area contributed by atoms with Gasteiger partial charge in [0.15, 0.2) is 0 Å². The molecule has 6 nitrogen and oxygen atoms in total. The first-order valence-corrected chi connectivity index (χ1v) is 6.69. The largest absolute Gasteiger partial charge is 0.497 e. The molecular formula is C14H14ClN5O. The molecule has 1 aromatic carbocycles. The maximum absolute atomic E-state index is 5.88. The highest BCUT2D eigenvalue weighted by atomic mass is 35.5. The second kappa shape index (κ2) is 5.59. The Balaban J connectivity index is 2.04. The molecule has 108 valence electrons. The summed E-state index contributed by atoms with van der Waals surface area (Å²) in [4.78, 5) is 4.52. The lowest BCUT2D eigenvalue weighted by atomic mass is 10.1. The number of anilines is 1. The number of hydrazine groups is 1. The fraction of sp³-hybridized carbons (Fsp3) is 0.143. The van der Waals surface area contributed by atoms with Gasteiger partial charge in [-0.3, -0.25) is 4.68 Å². The Kier molecular flexibility index (Phi) is 3.64. The number of aromatic nitrogens is 3. The van der Waals surface area contributed by atoms with Crippen molar-refractivity contribution in [3.63, 3.8) is 0 Å². The Hall–Kier alpha value is -2.31. The number of rotatable bonds is 4. The third kappa shape index (κ3) is 2.76. The molecule has 7 heteroatoms. The average molecular weight is 304 g/mol. The second-order valence-corrected chi connectivity index (χ2v) is 4.99. The Morgan fingerprint density at radius 2 is 2.24 bits per heavy atom. The summed E-state index contributed by atoms with van der Waals surface area (Å²) in [5.41, 5.74) is 4.36. The molecule has 21 heavy (non-hydrogen) atoms. The minimum Gasteiger partial charge on any atom is -0.497 e. The van der Waals surface area contributed by atoms with Crippen LogP contribution in [0.25, 0.3) is 10.9 Å². The van der Waals surface area contributed by atoms with Crippen molar-refractivity contribution in [2.75, 3.05) is 12.5 Å². The third-order valence-corrected chi connectivity index (χ3v) is 3.37. The van der Waals surface area contributed by atoms with Crippen LogP contribution in [0.15, 0.2) is 36.7 Å². The second-order valence-electron chi connectivity index (χ2n) is 4.56. The van der Waals surface area contributed by atoms with E-state index in [1.807, 2.05) is 24.3 Å². The zero-order chi connectivity index (χ0) is 14.8. The highest BCUT2D eigenvalue weighted by Crippen LogP contribution is 2.24.